The van der Waals surface area contributed by atoms with Crippen LogP contribution in [-0.2, 0) is 4.74 Å². The fraction of sp³-hybridized carbons (Fsp3) is 0.526. The average Bonchev–Trinajstić information content (AvgIpc) is 3.00. The van der Waals surface area contributed by atoms with E-state index in [0.29, 0.717) is 17.7 Å². The van der Waals surface area contributed by atoms with Gasteiger partial charge in [-0.1, -0.05) is 25.0 Å². The first-order valence-electron chi connectivity index (χ1n) is 8.58. The van der Waals surface area contributed by atoms with Gasteiger partial charge in [-0.2, -0.15) is 0 Å². The Labute approximate surface area is 148 Å². The van der Waals surface area contributed by atoms with E-state index in [1.807, 2.05) is 20.8 Å². The highest BCUT2D eigenvalue weighted by Crippen LogP contribution is 2.29. The smallest absolute Gasteiger partial charge is 0.407 e. The predicted octanol–water partition coefficient (Wildman–Crippen LogP) is 3.07. The number of rotatable bonds is 5. The Bertz CT molecular complexity index is 626. The second kappa shape index (κ2) is 7.68. The van der Waals surface area contributed by atoms with E-state index < -0.39 is 17.2 Å². The van der Waals surface area contributed by atoms with E-state index in [-0.39, 0.29) is 5.91 Å². The molecule has 0 unspecified atom stereocenters. The molecule has 0 aliphatic heterocycles. The highest BCUT2D eigenvalue weighted by molar-refractivity contribution is 5.95. The molecular weight excluding hydrogens is 320 g/mol. The van der Waals surface area contributed by atoms with Crippen LogP contribution in [0.15, 0.2) is 24.3 Å². The van der Waals surface area contributed by atoms with Crippen LogP contribution < -0.4 is 10.6 Å². The summed E-state index contributed by atoms with van der Waals surface area (Å²) in [6.45, 7) is 5.76. The highest BCUT2D eigenvalue weighted by atomic mass is 16.6. The Morgan fingerprint density at radius 1 is 1.16 bits per heavy atom. The molecule has 1 aliphatic rings. The maximum atomic E-state index is 12.5. The number of carbonyl (C=O) groups is 3. The van der Waals surface area contributed by atoms with Crippen LogP contribution in [0.3, 0.4) is 0 Å². The summed E-state index contributed by atoms with van der Waals surface area (Å²) >= 11 is 0. The molecule has 2 rings (SSSR count). The van der Waals surface area contributed by atoms with Crippen LogP contribution in [0.1, 0.15) is 67.2 Å². The first kappa shape index (κ1) is 19.0. The fourth-order valence-electron chi connectivity index (χ4n) is 2.98. The quantitative estimate of drug-likeness (QED) is 0.803. The third-order valence-electron chi connectivity index (χ3n) is 4.22. The van der Waals surface area contributed by atoms with Gasteiger partial charge in [0.05, 0.1) is 5.54 Å². The number of nitrogens with one attached hydrogen (secondary N) is 2. The average molecular weight is 346 g/mol. The Kier molecular flexibility index (Phi) is 5.82. The van der Waals surface area contributed by atoms with Gasteiger partial charge in [0.1, 0.15) is 11.9 Å². The van der Waals surface area contributed by atoms with Crippen molar-refractivity contribution in [2.45, 2.75) is 57.6 Å². The number of amides is 2. The van der Waals surface area contributed by atoms with Crippen molar-refractivity contribution < 1.29 is 19.1 Å². The van der Waals surface area contributed by atoms with Crippen molar-refractivity contribution in [3.8, 4) is 0 Å². The van der Waals surface area contributed by atoms with E-state index in [4.69, 9.17) is 4.74 Å². The molecule has 6 nitrogen and oxygen atoms in total. The van der Waals surface area contributed by atoms with Gasteiger partial charge in [0, 0.05) is 17.7 Å². The van der Waals surface area contributed by atoms with Gasteiger partial charge in [0.25, 0.3) is 5.91 Å². The summed E-state index contributed by atoms with van der Waals surface area (Å²) in [6, 6.07) is 6.48. The molecular formula is C19H26N2O4. The van der Waals surface area contributed by atoms with Gasteiger partial charge in [-0.25, -0.2) is 4.79 Å². The predicted molar refractivity (Wildman–Crippen MR) is 94.7 cm³/mol. The number of hydrogen-bond donors (Lipinski definition) is 2. The molecule has 1 aliphatic carbocycles. The number of hydrogen-bond acceptors (Lipinski definition) is 4. The van der Waals surface area contributed by atoms with Crippen molar-refractivity contribution in [2.75, 3.05) is 6.54 Å². The zero-order chi connectivity index (χ0) is 18.5. The van der Waals surface area contributed by atoms with E-state index in [0.717, 1.165) is 32.0 Å². The zero-order valence-corrected chi connectivity index (χ0v) is 15.1. The molecule has 0 atom stereocenters. The molecule has 25 heavy (non-hydrogen) atoms. The lowest BCUT2D eigenvalue weighted by Gasteiger charge is -2.31. The maximum Gasteiger partial charge on any atom is 0.407 e. The standard InChI is InChI=1S/C19H26N2O4/c1-18(2,3)25-17(24)20-13-19(10-4-5-11-19)21-16(23)15-8-6-14(12-22)7-9-15/h6-9,12H,4-5,10-11,13H2,1-3H3,(H,20,24)(H,21,23). The van der Waals surface area contributed by atoms with E-state index in [1.165, 1.54) is 0 Å². The van der Waals surface area contributed by atoms with Gasteiger partial charge in [-0.05, 0) is 45.7 Å². The molecule has 0 heterocycles. The first-order chi connectivity index (χ1) is 11.7. The molecule has 0 saturated heterocycles. The summed E-state index contributed by atoms with van der Waals surface area (Å²) in [5.41, 5.74) is 0.00115. The summed E-state index contributed by atoms with van der Waals surface area (Å²) in [5.74, 6) is -0.203. The van der Waals surface area contributed by atoms with E-state index in [2.05, 4.69) is 10.6 Å². The first-order valence-corrected chi connectivity index (χ1v) is 8.58. The van der Waals surface area contributed by atoms with Crippen molar-refractivity contribution in [2.24, 2.45) is 0 Å². The van der Waals surface area contributed by atoms with Crippen molar-refractivity contribution in [1.29, 1.82) is 0 Å². The minimum absolute atomic E-state index is 0.203. The Morgan fingerprint density at radius 2 is 1.76 bits per heavy atom. The second-order valence-electron chi connectivity index (χ2n) is 7.54. The van der Waals surface area contributed by atoms with Gasteiger partial charge in [-0.15, -0.1) is 0 Å². The van der Waals surface area contributed by atoms with Crippen LogP contribution in [-0.4, -0.2) is 36.0 Å². The van der Waals surface area contributed by atoms with Crippen LogP contribution in [0.2, 0.25) is 0 Å². The molecule has 2 N–H and O–H groups in total. The molecule has 1 aromatic carbocycles. The van der Waals surface area contributed by atoms with Gasteiger partial charge in [-0.3, -0.25) is 9.59 Å². The number of carbonyl (C=O) groups excluding carboxylic acids is 3. The molecule has 1 fully saturated rings. The van der Waals surface area contributed by atoms with Crippen LogP contribution in [0, 0.1) is 0 Å². The molecule has 136 valence electrons. The zero-order valence-electron chi connectivity index (χ0n) is 15.1. The van der Waals surface area contributed by atoms with Crippen molar-refractivity contribution >= 4 is 18.3 Å². The lowest BCUT2D eigenvalue weighted by molar-refractivity contribution is 0.0504. The fourth-order valence-corrected chi connectivity index (χ4v) is 2.98. The van der Waals surface area contributed by atoms with Crippen LogP contribution >= 0.6 is 0 Å². The second-order valence-corrected chi connectivity index (χ2v) is 7.54. The number of benzene rings is 1. The van der Waals surface area contributed by atoms with Gasteiger partial charge < -0.3 is 15.4 Å². The third kappa shape index (κ3) is 5.59. The summed E-state index contributed by atoms with van der Waals surface area (Å²) < 4.78 is 5.26. The summed E-state index contributed by atoms with van der Waals surface area (Å²) in [7, 11) is 0. The van der Waals surface area contributed by atoms with E-state index in [9.17, 15) is 14.4 Å². The van der Waals surface area contributed by atoms with Crippen molar-refractivity contribution in [1.82, 2.24) is 10.6 Å². The minimum atomic E-state index is -0.559. The molecule has 2 amide bonds. The molecule has 6 heteroatoms. The Balaban J connectivity index is 2.00. The Hall–Kier alpha value is -2.37. The van der Waals surface area contributed by atoms with E-state index in [1.54, 1.807) is 24.3 Å². The topological polar surface area (TPSA) is 84.5 Å². The van der Waals surface area contributed by atoms with Gasteiger partial charge >= 0.3 is 6.09 Å². The lowest BCUT2D eigenvalue weighted by Crippen LogP contribution is -2.54. The van der Waals surface area contributed by atoms with Crippen LogP contribution in [0.5, 0.6) is 0 Å². The number of alkyl carbamates (subject to hydrolysis) is 1. The van der Waals surface area contributed by atoms with E-state index >= 15 is 0 Å². The lowest BCUT2D eigenvalue weighted by atomic mass is 9.96. The van der Waals surface area contributed by atoms with Crippen molar-refractivity contribution in [3.05, 3.63) is 35.4 Å². The maximum absolute atomic E-state index is 12.5. The monoisotopic (exact) mass is 346 g/mol. The van der Waals surface area contributed by atoms with Crippen LogP contribution in [0.4, 0.5) is 4.79 Å². The summed E-state index contributed by atoms with van der Waals surface area (Å²) in [6.07, 6.45) is 3.87. The molecule has 1 saturated carbocycles. The van der Waals surface area contributed by atoms with Crippen molar-refractivity contribution in [3.63, 3.8) is 0 Å². The molecule has 0 aromatic heterocycles. The molecule has 0 radical (unpaired) electrons. The Morgan fingerprint density at radius 3 is 2.28 bits per heavy atom. The number of aldehydes is 1. The summed E-state index contributed by atoms with van der Waals surface area (Å²) in [5, 5.41) is 5.84. The largest absolute Gasteiger partial charge is 0.444 e. The van der Waals surface area contributed by atoms with Crippen LogP contribution in [0.25, 0.3) is 0 Å². The van der Waals surface area contributed by atoms with Gasteiger partial charge in [0.2, 0.25) is 0 Å². The SMILES string of the molecule is CC(C)(C)OC(=O)NCC1(NC(=O)c2ccc(C=O)cc2)CCCC1. The highest BCUT2D eigenvalue weighted by Gasteiger charge is 2.36. The molecule has 0 spiro atoms. The van der Waals surface area contributed by atoms with Gasteiger partial charge in [0.15, 0.2) is 0 Å². The number of ether oxygens (including phenoxy) is 1. The summed E-state index contributed by atoms with van der Waals surface area (Å²) in [4.78, 5) is 35.2. The minimum Gasteiger partial charge on any atom is -0.444 e. The third-order valence-corrected chi connectivity index (χ3v) is 4.22. The molecule has 0 bridgehead atoms. The normalized spacial score (nSPS) is 16.1. The molecule has 1 aromatic rings.